The number of fused-ring (bicyclic) bond motifs is 1. The number of rotatable bonds is 6. The molecule has 1 aliphatic rings. The second-order valence-electron chi connectivity index (χ2n) is 6.11. The van der Waals surface area contributed by atoms with Gasteiger partial charge in [0.1, 0.15) is 0 Å². The van der Waals surface area contributed by atoms with E-state index in [0.717, 1.165) is 19.1 Å². The van der Waals surface area contributed by atoms with Crippen LogP contribution in [0.1, 0.15) is 38.2 Å². The van der Waals surface area contributed by atoms with Crippen LogP contribution in [-0.4, -0.2) is 40.2 Å². The summed E-state index contributed by atoms with van der Waals surface area (Å²) in [6, 6.07) is 6.98. The summed E-state index contributed by atoms with van der Waals surface area (Å²) in [7, 11) is 0. The monoisotopic (exact) mass is 286 g/mol. The molecule has 21 heavy (non-hydrogen) atoms. The Labute approximate surface area is 127 Å². The zero-order valence-corrected chi connectivity index (χ0v) is 13.0. The van der Waals surface area contributed by atoms with Crippen LogP contribution in [0.25, 0.3) is 5.52 Å². The highest BCUT2D eigenvalue weighted by Gasteiger charge is 2.16. The SMILES string of the molecule is CC1CCCCN1CCCNCc1cnn2ccccc12. The highest BCUT2D eigenvalue weighted by molar-refractivity contribution is 5.53. The normalized spacial score (nSPS) is 20.1. The molecule has 1 atom stereocenters. The number of nitrogens with one attached hydrogen (secondary N) is 1. The first-order chi connectivity index (χ1) is 10.3. The molecule has 1 N–H and O–H groups in total. The third-order valence-corrected chi connectivity index (χ3v) is 4.56. The molecule has 4 nitrogen and oxygen atoms in total. The van der Waals surface area contributed by atoms with Crippen molar-refractivity contribution in [3.8, 4) is 0 Å². The molecule has 2 aromatic rings. The highest BCUT2D eigenvalue weighted by Crippen LogP contribution is 2.16. The second kappa shape index (κ2) is 7.05. The molecule has 1 unspecified atom stereocenters. The minimum atomic E-state index is 0.776. The quantitative estimate of drug-likeness (QED) is 0.829. The van der Waals surface area contributed by atoms with Gasteiger partial charge in [-0.3, -0.25) is 0 Å². The van der Waals surface area contributed by atoms with E-state index in [1.54, 1.807) is 0 Å². The third-order valence-electron chi connectivity index (χ3n) is 4.56. The van der Waals surface area contributed by atoms with Gasteiger partial charge in [-0.05, 0) is 58.0 Å². The van der Waals surface area contributed by atoms with Gasteiger partial charge in [-0.1, -0.05) is 12.5 Å². The minimum absolute atomic E-state index is 0.776. The number of hydrogen-bond acceptors (Lipinski definition) is 3. The lowest BCUT2D eigenvalue weighted by Crippen LogP contribution is -2.38. The molecule has 4 heteroatoms. The zero-order valence-electron chi connectivity index (χ0n) is 13.0. The Morgan fingerprint density at radius 2 is 2.29 bits per heavy atom. The molecule has 0 bridgehead atoms. The number of nitrogens with zero attached hydrogens (tertiary/aromatic N) is 3. The number of aromatic nitrogens is 2. The van der Waals surface area contributed by atoms with Crippen LogP contribution in [0, 0.1) is 0 Å². The molecule has 0 saturated carbocycles. The molecule has 2 aromatic heterocycles. The van der Waals surface area contributed by atoms with Crippen LogP contribution in [0.2, 0.25) is 0 Å². The summed E-state index contributed by atoms with van der Waals surface area (Å²) in [5.41, 5.74) is 2.48. The van der Waals surface area contributed by atoms with Crippen molar-refractivity contribution in [2.24, 2.45) is 0 Å². The predicted molar refractivity (Wildman–Crippen MR) is 86.4 cm³/mol. The van der Waals surface area contributed by atoms with Crippen molar-refractivity contribution in [1.29, 1.82) is 0 Å². The highest BCUT2D eigenvalue weighted by atomic mass is 15.2. The van der Waals surface area contributed by atoms with Gasteiger partial charge in [-0.2, -0.15) is 5.10 Å². The molecule has 1 aliphatic heterocycles. The molecule has 1 saturated heterocycles. The summed E-state index contributed by atoms with van der Waals surface area (Å²) >= 11 is 0. The molecule has 114 valence electrons. The molecule has 0 spiro atoms. The summed E-state index contributed by atoms with van der Waals surface area (Å²) in [4.78, 5) is 2.64. The predicted octanol–water partition coefficient (Wildman–Crippen LogP) is 2.69. The van der Waals surface area contributed by atoms with Gasteiger partial charge >= 0.3 is 0 Å². The van der Waals surface area contributed by atoms with Crippen LogP contribution in [0.5, 0.6) is 0 Å². The van der Waals surface area contributed by atoms with Crippen LogP contribution in [-0.2, 0) is 6.54 Å². The molecular formula is C17H26N4. The Balaban J connectivity index is 1.40. The summed E-state index contributed by atoms with van der Waals surface area (Å²) in [5, 5.41) is 7.92. The summed E-state index contributed by atoms with van der Waals surface area (Å²) < 4.78 is 1.94. The lowest BCUT2D eigenvalue weighted by Gasteiger charge is -2.33. The van der Waals surface area contributed by atoms with Gasteiger partial charge in [-0.15, -0.1) is 0 Å². The Bertz CT molecular complexity index is 563. The minimum Gasteiger partial charge on any atom is -0.312 e. The van der Waals surface area contributed by atoms with E-state index in [1.807, 2.05) is 23.0 Å². The van der Waals surface area contributed by atoms with Gasteiger partial charge in [0.2, 0.25) is 0 Å². The molecule has 0 radical (unpaired) electrons. The topological polar surface area (TPSA) is 32.6 Å². The molecule has 0 amide bonds. The van der Waals surface area contributed by atoms with E-state index in [-0.39, 0.29) is 0 Å². The number of hydrogen-bond donors (Lipinski definition) is 1. The molecule has 3 rings (SSSR count). The van der Waals surface area contributed by atoms with Crippen molar-refractivity contribution in [3.63, 3.8) is 0 Å². The van der Waals surface area contributed by atoms with Gasteiger partial charge in [0.15, 0.2) is 0 Å². The van der Waals surface area contributed by atoms with Crippen molar-refractivity contribution >= 4 is 5.52 Å². The van der Waals surface area contributed by atoms with Crippen LogP contribution < -0.4 is 5.32 Å². The lowest BCUT2D eigenvalue weighted by molar-refractivity contribution is 0.159. The average molecular weight is 286 g/mol. The standard InChI is InChI=1S/C17H26N4/c1-15-7-2-4-10-20(15)11-6-9-18-13-16-14-19-21-12-5-3-8-17(16)21/h3,5,8,12,14-15,18H,2,4,6-7,9-11,13H2,1H3. The van der Waals surface area contributed by atoms with E-state index in [2.05, 4.69) is 34.4 Å². The average Bonchev–Trinajstić information content (AvgIpc) is 2.92. The van der Waals surface area contributed by atoms with Crippen molar-refractivity contribution in [3.05, 3.63) is 36.2 Å². The summed E-state index contributed by atoms with van der Waals surface area (Å²) in [6.07, 6.45) is 9.34. The largest absolute Gasteiger partial charge is 0.312 e. The first-order valence-corrected chi connectivity index (χ1v) is 8.20. The maximum absolute atomic E-state index is 4.37. The first-order valence-electron chi connectivity index (χ1n) is 8.20. The molecular weight excluding hydrogens is 260 g/mol. The maximum Gasteiger partial charge on any atom is 0.0706 e. The van der Waals surface area contributed by atoms with Crippen molar-refractivity contribution in [2.75, 3.05) is 19.6 Å². The summed E-state index contributed by atoms with van der Waals surface area (Å²) in [5.74, 6) is 0. The van der Waals surface area contributed by atoms with E-state index in [1.165, 1.54) is 49.9 Å². The van der Waals surface area contributed by atoms with Crippen LogP contribution in [0.4, 0.5) is 0 Å². The van der Waals surface area contributed by atoms with Gasteiger partial charge < -0.3 is 10.2 Å². The maximum atomic E-state index is 4.37. The zero-order chi connectivity index (χ0) is 14.5. The van der Waals surface area contributed by atoms with E-state index < -0.39 is 0 Å². The molecule has 1 fully saturated rings. The van der Waals surface area contributed by atoms with Crippen LogP contribution >= 0.6 is 0 Å². The van der Waals surface area contributed by atoms with Gasteiger partial charge in [0.05, 0.1) is 11.7 Å². The Hall–Kier alpha value is -1.39. The van der Waals surface area contributed by atoms with Gasteiger partial charge in [0.25, 0.3) is 0 Å². The fourth-order valence-corrected chi connectivity index (χ4v) is 3.24. The fourth-order valence-electron chi connectivity index (χ4n) is 3.24. The lowest BCUT2D eigenvalue weighted by atomic mass is 10.0. The molecule has 0 aromatic carbocycles. The fraction of sp³-hybridized carbons (Fsp3) is 0.588. The Kier molecular flexibility index (Phi) is 4.88. The molecule has 3 heterocycles. The number of piperidine rings is 1. The Morgan fingerprint density at radius 1 is 1.33 bits per heavy atom. The van der Waals surface area contributed by atoms with E-state index in [9.17, 15) is 0 Å². The van der Waals surface area contributed by atoms with Crippen LogP contribution in [0.15, 0.2) is 30.6 Å². The third kappa shape index (κ3) is 3.63. The van der Waals surface area contributed by atoms with E-state index in [4.69, 9.17) is 0 Å². The first kappa shape index (κ1) is 14.5. The van der Waals surface area contributed by atoms with Crippen molar-refractivity contribution in [1.82, 2.24) is 19.8 Å². The number of pyridine rings is 1. The number of likely N-dealkylation sites (tertiary alicyclic amines) is 1. The van der Waals surface area contributed by atoms with Crippen LogP contribution in [0.3, 0.4) is 0 Å². The summed E-state index contributed by atoms with van der Waals surface area (Å²) in [6.45, 7) is 6.86. The van der Waals surface area contributed by atoms with Crippen molar-refractivity contribution < 1.29 is 0 Å². The second-order valence-corrected chi connectivity index (χ2v) is 6.11. The molecule has 0 aliphatic carbocycles. The van der Waals surface area contributed by atoms with Gasteiger partial charge in [-0.25, -0.2) is 4.52 Å². The smallest absolute Gasteiger partial charge is 0.0706 e. The van der Waals surface area contributed by atoms with E-state index >= 15 is 0 Å². The Morgan fingerprint density at radius 3 is 3.19 bits per heavy atom. The van der Waals surface area contributed by atoms with Crippen molar-refractivity contribution in [2.45, 2.75) is 45.2 Å². The van der Waals surface area contributed by atoms with Gasteiger partial charge in [0, 0.05) is 24.3 Å². The van der Waals surface area contributed by atoms with E-state index in [0.29, 0.717) is 0 Å².